The zero-order valence-electron chi connectivity index (χ0n) is 9.53. The predicted octanol–water partition coefficient (Wildman–Crippen LogP) is 2.07. The molecule has 0 spiro atoms. The maximum absolute atomic E-state index is 10.6. The van der Waals surface area contributed by atoms with Gasteiger partial charge in [-0.1, -0.05) is 0 Å². The number of nitro groups is 1. The smallest absolute Gasteiger partial charge is 0.269 e. The Morgan fingerprint density at radius 2 is 2.11 bits per heavy atom. The topological polar surface area (TPSA) is 104 Å². The molecule has 92 valence electrons. The lowest BCUT2D eigenvalue weighted by molar-refractivity contribution is -0.384. The first-order valence-corrected chi connectivity index (χ1v) is 5.06. The van der Waals surface area contributed by atoms with Gasteiger partial charge >= 0.3 is 0 Å². The number of nitrogen functional groups attached to an aromatic ring is 1. The van der Waals surface area contributed by atoms with Crippen molar-refractivity contribution in [2.45, 2.75) is 6.92 Å². The lowest BCUT2D eigenvalue weighted by Gasteiger charge is -2.07. The fourth-order valence-electron chi connectivity index (χ4n) is 1.38. The number of nitro benzene ring substituents is 1. The molecule has 0 radical (unpaired) electrons. The number of rotatable bonds is 3. The molecule has 0 saturated heterocycles. The molecule has 0 bridgehead atoms. The maximum atomic E-state index is 10.6. The molecule has 0 aliphatic heterocycles. The van der Waals surface area contributed by atoms with E-state index in [9.17, 15) is 10.1 Å². The van der Waals surface area contributed by atoms with E-state index in [0.717, 1.165) is 0 Å². The third kappa shape index (κ3) is 2.51. The van der Waals surface area contributed by atoms with Crippen LogP contribution in [0.15, 0.2) is 30.6 Å². The zero-order chi connectivity index (χ0) is 13.1. The van der Waals surface area contributed by atoms with E-state index in [-0.39, 0.29) is 5.69 Å². The van der Waals surface area contributed by atoms with Crippen LogP contribution in [0, 0.1) is 17.0 Å². The van der Waals surface area contributed by atoms with Crippen LogP contribution in [0.25, 0.3) is 0 Å². The van der Waals surface area contributed by atoms with Gasteiger partial charge in [-0.3, -0.25) is 10.1 Å². The van der Waals surface area contributed by atoms with Gasteiger partial charge in [0.2, 0.25) is 5.88 Å². The van der Waals surface area contributed by atoms with Crippen LogP contribution in [-0.4, -0.2) is 14.9 Å². The minimum absolute atomic E-state index is 0.0158. The number of anilines is 1. The monoisotopic (exact) mass is 246 g/mol. The van der Waals surface area contributed by atoms with E-state index in [0.29, 0.717) is 23.0 Å². The molecule has 0 aliphatic carbocycles. The third-order valence-corrected chi connectivity index (χ3v) is 2.25. The minimum Gasteiger partial charge on any atom is -0.439 e. The Labute approximate surface area is 102 Å². The van der Waals surface area contributed by atoms with Crippen molar-refractivity contribution < 1.29 is 9.66 Å². The number of non-ortho nitro benzene ring substituents is 1. The Balaban J connectivity index is 2.27. The summed E-state index contributed by atoms with van der Waals surface area (Å²) in [5.41, 5.74) is 6.15. The number of aryl methyl sites for hydroxylation is 1. The Morgan fingerprint density at radius 1 is 1.33 bits per heavy atom. The highest BCUT2D eigenvalue weighted by molar-refractivity contribution is 5.44. The van der Waals surface area contributed by atoms with Gasteiger partial charge in [-0.2, -0.15) is 0 Å². The summed E-state index contributed by atoms with van der Waals surface area (Å²) in [4.78, 5) is 17.8. The summed E-state index contributed by atoms with van der Waals surface area (Å²) in [5.74, 6) is 1.07. The SMILES string of the molecule is Cc1cc([N+](=O)[O-])ccc1Oc1cc(N)ncn1. The average Bonchev–Trinajstić information content (AvgIpc) is 2.31. The number of hydrogen-bond donors (Lipinski definition) is 1. The third-order valence-electron chi connectivity index (χ3n) is 2.25. The van der Waals surface area contributed by atoms with Crippen molar-refractivity contribution in [3.63, 3.8) is 0 Å². The molecule has 0 unspecified atom stereocenters. The molecule has 7 heteroatoms. The van der Waals surface area contributed by atoms with Crippen LogP contribution >= 0.6 is 0 Å². The molecule has 1 aromatic heterocycles. The van der Waals surface area contributed by atoms with E-state index in [1.807, 2.05) is 0 Å². The van der Waals surface area contributed by atoms with E-state index >= 15 is 0 Å². The van der Waals surface area contributed by atoms with Crippen LogP contribution in [0.5, 0.6) is 11.6 Å². The second kappa shape index (κ2) is 4.66. The molecule has 2 aromatic rings. The van der Waals surface area contributed by atoms with Crippen LogP contribution in [0.2, 0.25) is 0 Å². The Hall–Kier alpha value is -2.70. The predicted molar refractivity (Wildman–Crippen MR) is 64.4 cm³/mol. The van der Waals surface area contributed by atoms with E-state index in [2.05, 4.69) is 9.97 Å². The van der Waals surface area contributed by atoms with Gasteiger partial charge in [-0.25, -0.2) is 9.97 Å². The van der Waals surface area contributed by atoms with Crippen molar-refractivity contribution in [1.82, 2.24) is 9.97 Å². The first-order valence-electron chi connectivity index (χ1n) is 5.06. The summed E-state index contributed by atoms with van der Waals surface area (Å²) < 4.78 is 5.47. The molecular formula is C11H10N4O3. The number of nitrogens with two attached hydrogens (primary N) is 1. The Morgan fingerprint density at radius 3 is 2.72 bits per heavy atom. The molecule has 18 heavy (non-hydrogen) atoms. The van der Waals surface area contributed by atoms with E-state index in [1.165, 1.54) is 30.6 Å². The minimum atomic E-state index is -0.459. The normalized spacial score (nSPS) is 10.1. The summed E-state index contributed by atoms with van der Waals surface area (Å²) >= 11 is 0. The average molecular weight is 246 g/mol. The molecule has 1 aromatic carbocycles. The zero-order valence-corrected chi connectivity index (χ0v) is 9.53. The van der Waals surface area contributed by atoms with Gasteiger partial charge in [-0.15, -0.1) is 0 Å². The van der Waals surface area contributed by atoms with Crippen LogP contribution in [0.1, 0.15) is 5.56 Å². The van der Waals surface area contributed by atoms with Crippen LogP contribution < -0.4 is 10.5 Å². The van der Waals surface area contributed by atoms with Crippen molar-refractivity contribution in [2.75, 3.05) is 5.73 Å². The highest BCUT2D eigenvalue weighted by Gasteiger charge is 2.10. The number of nitrogens with zero attached hydrogens (tertiary/aromatic N) is 3. The van der Waals surface area contributed by atoms with Gasteiger partial charge in [0.15, 0.2) is 0 Å². The maximum Gasteiger partial charge on any atom is 0.269 e. The van der Waals surface area contributed by atoms with Gasteiger partial charge in [-0.05, 0) is 18.6 Å². The molecule has 2 N–H and O–H groups in total. The quantitative estimate of drug-likeness (QED) is 0.656. The number of hydrogen-bond acceptors (Lipinski definition) is 6. The molecule has 7 nitrogen and oxygen atoms in total. The van der Waals surface area contributed by atoms with E-state index in [4.69, 9.17) is 10.5 Å². The second-order valence-electron chi connectivity index (χ2n) is 3.59. The van der Waals surface area contributed by atoms with Crippen LogP contribution in [0.3, 0.4) is 0 Å². The number of ether oxygens (including phenoxy) is 1. The van der Waals surface area contributed by atoms with Crippen molar-refractivity contribution in [1.29, 1.82) is 0 Å². The molecule has 2 rings (SSSR count). The lowest BCUT2D eigenvalue weighted by atomic mass is 10.2. The Bertz CT molecular complexity index is 601. The Kier molecular flexibility index (Phi) is 3.05. The van der Waals surface area contributed by atoms with Crippen molar-refractivity contribution >= 4 is 11.5 Å². The first-order chi connectivity index (χ1) is 8.56. The van der Waals surface area contributed by atoms with Crippen molar-refractivity contribution in [3.05, 3.63) is 46.3 Å². The fourth-order valence-corrected chi connectivity index (χ4v) is 1.38. The largest absolute Gasteiger partial charge is 0.439 e. The molecule has 0 atom stereocenters. The van der Waals surface area contributed by atoms with Gasteiger partial charge < -0.3 is 10.5 Å². The summed E-state index contributed by atoms with van der Waals surface area (Å²) in [5, 5.41) is 10.6. The number of benzene rings is 1. The van der Waals surface area contributed by atoms with Gasteiger partial charge in [0.1, 0.15) is 17.9 Å². The standard InChI is InChI=1S/C11H10N4O3/c1-7-4-8(15(16)17)2-3-9(7)18-11-5-10(12)13-6-14-11/h2-6H,1H3,(H2,12,13,14). The van der Waals surface area contributed by atoms with Gasteiger partial charge in [0.25, 0.3) is 5.69 Å². The van der Waals surface area contributed by atoms with Crippen molar-refractivity contribution in [3.8, 4) is 11.6 Å². The van der Waals surface area contributed by atoms with Crippen molar-refractivity contribution in [2.24, 2.45) is 0 Å². The molecular weight excluding hydrogens is 236 g/mol. The molecule has 0 amide bonds. The summed E-state index contributed by atoms with van der Waals surface area (Å²) in [6.07, 6.45) is 1.28. The second-order valence-corrected chi connectivity index (χ2v) is 3.59. The summed E-state index contributed by atoms with van der Waals surface area (Å²) in [7, 11) is 0. The highest BCUT2D eigenvalue weighted by atomic mass is 16.6. The first kappa shape index (κ1) is 11.8. The highest BCUT2D eigenvalue weighted by Crippen LogP contribution is 2.27. The van der Waals surface area contributed by atoms with E-state index in [1.54, 1.807) is 6.92 Å². The van der Waals surface area contributed by atoms with Crippen LogP contribution in [-0.2, 0) is 0 Å². The van der Waals surface area contributed by atoms with Gasteiger partial charge in [0, 0.05) is 18.2 Å². The lowest BCUT2D eigenvalue weighted by Crippen LogP contribution is -1.95. The molecule has 1 heterocycles. The van der Waals surface area contributed by atoms with Crippen LogP contribution in [0.4, 0.5) is 11.5 Å². The summed E-state index contributed by atoms with van der Waals surface area (Å²) in [6, 6.07) is 5.79. The summed E-state index contributed by atoms with van der Waals surface area (Å²) in [6.45, 7) is 1.72. The van der Waals surface area contributed by atoms with Gasteiger partial charge in [0.05, 0.1) is 4.92 Å². The fraction of sp³-hybridized carbons (Fsp3) is 0.0909. The molecule has 0 aliphatic rings. The molecule has 0 saturated carbocycles. The molecule has 0 fully saturated rings. The number of aromatic nitrogens is 2. The van der Waals surface area contributed by atoms with E-state index < -0.39 is 4.92 Å².